The second kappa shape index (κ2) is 5.94. The summed E-state index contributed by atoms with van der Waals surface area (Å²) in [6, 6.07) is 0. The van der Waals surface area contributed by atoms with Crippen LogP contribution in [0.3, 0.4) is 0 Å². The molecule has 0 aromatic heterocycles. The Balaban J connectivity index is 2.45. The van der Waals surface area contributed by atoms with E-state index in [0.29, 0.717) is 19.4 Å². The van der Waals surface area contributed by atoms with E-state index in [9.17, 15) is 13.2 Å². The fourth-order valence-corrected chi connectivity index (χ4v) is 3.13. The summed E-state index contributed by atoms with van der Waals surface area (Å²) >= 11 is 4.91. The first kappa shape index (κ1) is 15.3. The molecule has 0 atom stereocenters. The smallest absolute Gasteiger partial charge is 0.233 e. The van der Waals surface area contributed by atoms with Gasteiger partial charge in [-0.1, -0.05) is 25.6 Å². The Labute approximate surface area is 113 Å². The van der Waals surface area contributed by atoms with Gasteiger partial charge in [0.05, 0.1) is 16.2 Å². The molecule has 0 spiro atoms. The molecule has 8 heteroatoms. The zero-order valence-corrected chi connectivity index (χ0v) is 12.0. The molecule has 104 valence electrons. The van der Waals surface area contributed by atoms with Gasteiger partial charge in [-0.05, 0) is 12.8 Å². The molecule has 1 amide bonds. The maximum Gasteiger partial charge on any atom is 0.233 e. The maximum atomic E-state index is 11.9. The lowest BCUT2D eigenvalue weighted by atomic mass is 9.68. The Morgan fingerprint density at radius 2 is 2.06 bits per heavy atom. The van der Waals surface area contributed by atoms with Gasteiger partial charge in [0.25, 0.3) is 0 Å². The van der Waals surface area contributed by atoms with E-state index in [1.807, 2.05) is 0 Å². The van der Waals surface area contributed by atoms with Crippen molar-refractivity contribution in [3.63, 3.8) is 0 Å². The highest BCUT2D eigenvalue weighted by Gasteiger charge is 2.46. The maximum absolute atomic E-state index is 11.9. The number of hydrogen-bond acceptors (Lipinski definition) is 4. The van der Waals surface area contributed by atoms with Crippen LogP contribution in [0.4, 0.5) is 0 Å². The van der Waals surface area contributed by atoms with E-state index < -0.39 is 15.4 Å². The molecule has 0 aromatic rings. The minimum atomic E-state index is -3.31. The second-order valence-electron chi connectivity index (χ2n) is 4.37. The highest BCUT2D eigenvalue weighted by Crippen LogP contribution is 2.41. The lowest BCUT2D eigenvalue weighted by Crippen LogP contribution is -2.53. The van der Waals surface area contributed by atoms with Crippen molar-refractivity contribution in [2.45, 2.75) is 26.2 Å². The molecule has 0 radical (unpaired) electrons. The van der Waals surface area contributed by atoms with Crippen molar-refractivity contribution < 1.29 is 13.2 Å². The monoisotopic (exact) mass is 293 g/mol. The van der Waals surface area contributed by atoms with E-state index in [4.69, 9.17) is 18.0 Å². The molecule has 18 heavy (non-hydrogen) atoms. The van der Waals surface area contributed by atoms with E-state index in [1.54, 1.807) is 6.92 Å². The molecule has 1 fully saturated rings. The molecule has 1 aliphatic carbocycles. The molecule has 0 saturated heterocycles. The molecule has 0 aromatic carbocycles. The van der Waals surface area contributed by atoms with Crippen LogP contribution in [0, 0.1) is 5.41 Å². The average molecular weight is 293 g/mol. The van der Waals surface area contributed by atoms with Crippen molar-refractivity contribution in [1.82, 2.24) is 10.0 Å². The molecule has 6 nitrogen and oxygen atoms in total. The zero-order chi connectivity index (χ0) is 13.8. The van der Waals surface area contributed by atoms with Crippen molar-refractivity contribution in [3.05, 3.63) is 0 Å². The minimum absolute atomic E-state index is 0.0680. The summed E-state index contributed by atoms with van der Waals surface area (Å²) in [7, 11) is -3.31. The first-order valence-corrected chi connectivity index (χ1v) is 7.95. The Morgan fingerprint density at radius 3 is 2.44 bits per heavy atom. The van der Waals surface area contributed by atoms with Gasteiger partial charge in [-0.2, -0.15) is 0 Å². The standard InChI is InChI=1S/C10H19N3O3S2/c1-2-13-18(15,16)7-6-12-9(14)10(8(11)17)4-3-5-10/h13H,2-7H2,1H3,(H2,11,17)(H,12,14). The third kappa shape index (κ3) is 3.39. The number of carbonyl (C=O) groups excluding carboxylic acids is 1. The van der Waals surface area contributed by atoms with Crippen molar-refractivity contribution >= 4 is 33.1 Å². The topological polar surface area (TPSA) is 101 Å². The number of rotatable bonds is 7. The van der Waals surface area contributed by atoms with Crippen LogP contribution in [0.15, 0.2) is 0 Å². The van der Waals surface area contributed by atoms with Gasteiger partial charge in [0, 0.05) is 13.1 Å². The highest BCUT2D eigenvalue weighted by atomic mass is 32.2. The predicted octanol–water partition coefficient (Wildman–Crippen LogP) is -0.502. The summed E-state index contributed by atoms with van der Waals surface area (Å²) in [5.41, 5.74) is 4.83. The van der Waals surface area contributed by atoms with Crippen LogP contribution in [-0.2, 0) is 14.8 Å². The van der Waals surface area contributed by atoms with Gasteiger partial charge in [0.15, 0.2) is 0 Å². The zero-order valence-electron chi connectivity index (χ0n) is 10.4. The summed E-state index contributed by atoms with van der Waals surface area (Å²) in [5, 5.41) is 2.60. The summed E-state index contributed by atoms with van der Waals surface area (Å²) in [6.45, 7) is 2.11. The minimum Gasteiger partial charge on any atom is -0.392 e. The average Bonchev–Trinajstić information content (AvgIpc) is 2.14. The molecule has 1 rings (SSSR count). The Bertz CT molecular complexity index is 430. The van der Waals surface area contributed by atoms with E-state index in [1.165, 1.54) is 0 Å². The first-order chi connectivity index (χ1) is 8.34. The second-order valence-corrected chi connectivity index (χ2v) is 6.74. The Morgan fingerprint density at radius 1 is 1.44 bits per heavy atom. The fourth-order valence-electron chi connectivity index (χ4n) is 1.88. The van der Waals surface area contributed by atoms with Gasteiger partial charge in [0.2, 0.25) is 15.9 Å². The molecule has 4 N–H and O–H groups in total. The SMILES string of the molecule is CCNS(=O)(=O)CCNC(=O)C1(C(N)=S)CCC1. The molecule has 1 aliphatic rings. The Hall–Kier alpha value is -0.730. The summed E-state index contributed by atoms with van der Waals surface area (Å²) < 4.78 is 25.1. The number of amides is 1. The number of hydrogen-bond donors (Lipinski definition) is 3. The van der Waals surface area contributed by atoms with Crippen LogP contribution in [0.2, 0.25) is 0 Å². The fraction of sp³-hybridized carbons (Fsp3) is 0.800. The van der Waals surface area contributed by atoms with Crippen LogP contribution in [0.25, 0.3) is 0 Å². The first-order valence-electron chi connectivity index (χ1n) is 5.89. The third-order valence-electron chi connectivity index (χ3n) is 3.13. The summed E-state index contributed by atoms with van der Waals surface area (Å²) in [6.07, 6.45) is 2.21. The van der Waals surface area contributed by atoms with E-state index >= 15 is 0 Å². The van der Waals surface area contributed by atoms with Crippen LogP contribution < -0.4 is 15.8 Å². The number of thiocarbonyl (C=S) groups is 1. The van der Waals surface area contributed by atoms with E-state index in [2.05, 4.69) is 10.0 Å². The third-order valence-corrected chi connectivity index (χ3v) is 4.99. The molecule has 0 bridgehead atoms. The van der Waals surface area contributed by atoms with Gasteiger partial charge in [-0.3, -0.25) is 4.79 Å². The predicted molar refractivity (Wildman–Crippen MR) is 73.5 cm³/mol. The number of nitrogens with two attached hydrogens (primary N) is 1. The number of nitrogens with one attached hydrogen (secondary N) is 2. The van der Waals surface area contributed by atoms with E-state index in [-0.39, 0.29) is 23.2 Å². The lowest BCUT2D eigenvalue weighted by molar-refractivity contribution is -0.130. The molecular formula is C10H19N3O3S2. The van der Waals surface area contributed by atoms with Gasteiger partial charge in [-0.25, -0.2) is 13.1 Å². The van der Waals surface area contributed by atoms with Gasteiger partial charge >= 0.3 is 0 Å². The van der Waals surface area contributed by atoms with Crippen LogP contribution in [-0.4, -0.2) is 38.2 Å². The van der Waals surface area contributed by atoms with Crippen molar-refractivity contribution in [1.29, 1.82) is 0 Å². The molecule has 0 aliphatic heterocycles. The van der Waals surface area contributed by atoms with Crippen molar-refractivity contribution in [2.24, 2.45) is 11.1 Å². The van der Waals surface area contributed by atoms with Gasteiger partial charge in [-0.15, -0.1) is 0 Å². The highest BCUT2D eigenvalue weighted by molar-refractivity contribution is 7.89. The molecule has 0 unspecified atom stereocenters. The molecule has 0 heterocycles. The normalized spacial score (nSPS) is 17.8. The van der Waals surface area contributed by atoms with Crippen LogP contribution >= 0.6 is 12.2 Å². The summed E-state index contributed by atoms with van der Waals surface area (Å²) in [4.78, 5) is 12.1. The quantitative estimate of drug-likeness (QED) is 0.549. The largest absolute Gasteiger partial charge is 0.392 e. The van der Waals surface area contributed by atoms with Gasteiger partial charge in [0.1, 0.15) is 0 Å². The molecular weight excluding hydrogens is 274 g/mol. The van der Waals surface area contributed by atoms with Crippen LogP contribution in [0.1, 0.15) is 26.2 Å². The molecule has 1 saturated carbocycles. The van der Waals surface area contributed by atoms with Gasteiger partial charge < -0.3 is 11.1 Å². The van der Waals surface area contributed by atoms with Crippen molar-refractivity contribution in [2.75, 3.05) is 18.8 Å². The number of carbonyl (C=O) groups is 1. The Kier molecular flexibility index (Phi) is 5.06. The van der Waals surface area contributed by atoms with Crippen LogP contribution in [0.5, 0.6) is 0 Å². The van der Waals surface area contributed by atoms with E-state index in [0.717, 1.165) is 6.42 Å². The summed E-state index contributed by atoms with van der Waals surface area (Å²) in [5.74, 6) is -0.395. The lowest BCUT2D eigenvalue weighted by Gasteiger charge is -2.39. The number of sulfonamides is 1. The van der Waals surface area contributed by atoms with Crippen molar-refractivity contribution in [3.8, 4) is 0 Å².